The van der Waals surface area contributed by atoms with Crippen molar-refractivity contribution in [2.24, 2.45) is 11.0 Å². The Kier molecular flexibility index (Phi) is 6.72. The SMILES string of the molecule is CCC1CCC(=NNC(=O)C(C)Oc2ccc(Cl)cc2Cl)CC1. The molecule has 0 aliphatic heterocycles. The molecule has 1 aliphatic carbocycles. The van der Waals surface area contributed by atoms with Crippen molar-refractivity contribution < 1.29 is 9.53 Å². The number of amides is 1. The topological polar surface area (TPSA) is 50.7 Å². The second kappa shape index (κ2) is 8.55. The van der Waals surface area contributed by atoms with Crippen LogP contribution in [-0.2, 0) is 4.79 Å². The fourth-order valence-electron chi connectivity index (χ4n) is 2.57. The van der Waals surface area contributed by atoms with Crippen molar-refractivity contribution in [3.63, 3.8) is 0 Å². The van der Waals surface area contributed by atoms with Gasteiger partial charge in [-0.3, -0.25) is 4.79 Å². The summed E-state index contributed by atoms with van der Waals surface area (Å²) in [6.45, 7) is 3.88. The Morgan fingerprint density at radius 1 is 1.39 bits per heavy atom. The van der Waals surface area contributed by atoms with Crippen molar-refractivity contribution >= 4 is 34.8 Å². The van der Waals surface area contributed by atoms with E-state index in [-0.39, 0.29) is 5.91 Å². The van der Waals surface area contributed by atoms with Gasteiger partial charge >= 0.3 is 0 Å². The van der Waals surface area contributed by atoms with E-state index in [9.17, 15) is 4.79 Å². The van der Waals surface area contributed by atoms with Gasteiger partial charge in [0.1, 0.15) is 5.75 Å². The number of carbonyl (C=O) groups excluding carboxylic acids is 1. The quantitative estimate of drug-likeness (QED) is 0.767. The lowest BCUT2D eigenvalue weighted by Gasteiger charge is -2.21. The average molecular weight is 357 g/mol. The van der Waals surface area contributed by atoms with Gasteiger partial charge in [0.25, 0.3) is 5.91 Å². The van der Waals surface area contributed by atoms with Gasteiger partial charge in [0.15, 0.2) is 6.10 Å². The summed E-state index contributed by atoms with van der Waals surface area (Å²) >= 11 is 11.9. The molecule has 0 saturated heterocycles. The van der Waals surface area contributed by atoms with Gasteiger partial charge in [-0.25, -0.2) is 5.43 Å². The van der Waals surface area contributed by atoms with E-state index < -0.39 is 6.10 Å². The van der Waals surface area contributed by atoms with Crippen LogP contribution in [0.2, 0.25) is 10.0 Å². The summed E-state index contributed by atoms with van der Waals surface area (Å²) < 4.78 is 5.56. The van der Waals surface area contributed by atoms with Gasteiger partial charge in [-0.1, -0.05) is 36.5 Å². The first kappa shape index (κ1) is 18.1. The summed E-state index contributed by atoms with van der Waals surface area (Å²) in [6, 6.07) is 4.89. The number of nitrogens with one attached hydrogen (secondary N) is 1. The molecule has 1 atom stereocenters. The van der Waals surface area contributed by atoms with Crippen LogP contribution in [0.4, 0.5) is 0 Å². The maximum atomic E-state index is 12.1. The van der Waals surface area contributed by atoms with Crippen LogP contribution < -0.4 is 10.2 Å². The number of halogens is 2. The molecule has 1 aromatic carbocycles. The molecule has 0 radical (unpaired) electrons. The normalized spacial score (nSPS) is 19.1. The van der Waals surface area contributed by atoms with Crippen LogP contribution in [0.1, 0.15) is 46.0 Å². The van der Waals surface area contributed by atoms with Crippen LogP contribution in [-0.4, -0.2) is 17.7 Å². The standard InChI is InChI=1S/C17H22Cl2N2O2/c1-3-12-4-7-14(8-5-12)20-21-17(22)11(2)23-16-9-6-13(18)10-15(16)19/h6,9-12H,3-5,7-8H2,1-2H3,(H,21,22). The molecule has 1 N–H and O–H groups in total. The van der Waals surface area contributed by atoms with Crippen LogP contribution in [0, 0.1) is 5.92 Å². The highest BCUT2D eigenvalue weighted by Crippen LogP contribution is 2.28. The Bertz CT molecular complexity index is 580. The van der Waals surface area contributed by atoms with Crippen LogP contribution in [0.15, 0.2) is 23.3 Å². The van der Waals surface area contributed by atoms with Gasteiger partial charge in [0.2, 0.25) is 0 Å². The van der Waals surface area contributed by atoms with Gasteiger partial charge in [-0.2, -0.15) is 5.10 Å². The minimum absolute atomic E-state index is 0.291. The predicted octanol–water partition coefficient (Wildman–Crippen LogP) is 4.83. The molecule has 4 nitrogen and oxygen atoms in total. The minimum atomic E-state index is -0.690. The first-order chi connectivity index (χ1) is 11.0. The lowest BCUT2D eigenvalue weighted by molar-refractivity contribution is -0.127. The Hall–Kier alpha value is -1.26. The van der Waals surface area contributed by atoms with Gasteiger partial charge in [-0.05, 0) is 56.7 Å². The van der Waals surface area contributed by atoms with E-state index in [1.807, 2.05) is 0 Å². The van der Waals surface area contributed by atoms with E-state index in [1.165, 1.54) is 6.42 Å². The highest BCUT2D eigenvalue weighted by molar-refractivity contribution is 6.35. The summed E-state index contributed by atoms with van der Waals surface area (Å²) in [5.74, 6) is 0.926. The largest absolute Gasteiger partial charge is 0.479 e. The van der Waals surface area contributed by atoms with Crippen molar-refractivity contribution in [3.8, 4) is 5.75 Å². The summed E-state index contributed by atoms with van der Waals surface area (Å²) in [6.07, 6.45) is 4.74. The van der Waals surface area contributed by atoms with Crippen molar-refractivity contribution in [1.29, 1.82) is 0 Å². The molecule has 1 saturated carbocycles. The average Bonchev–Trinajstić information content (AvgIpc) is 2.55. The number of hydrogen-bond acceptors (Lipinski definition) is 3. The monoisotopic (exact) mass is 356 g/mol. The summed E-state index contributed by atoms with van der Waals surface area (Å²) in [5, 5.41) is 5.13. The Morgan fingerprint density at radius 2 is 2.09 bits per heavy atom. The van der Waals surface area contributed by atoms with E-state index in [2.05, 4.69) is 17.5 Å². The van der Waals surface area contributed by atoms with Crippen LogP contribution in [0.3, 0.4) is 0 Å². The van der Waals surface area contributed by atoms with Gasteiger partial charge in [-0.15, -0.1) is 0 Å². The molecule has 1 fully saturated rings. The Labute approximate surface area is 147 Å². The fraction of sp³-hybridized carbons (Fsp3) is 0.529. The van der Waals surface area contributed by atoms with Crippen LogP contribution in [0.5, 0.6) is 5.75 Å². The second-order valence-corrected chi connectivity index (χ2v) is 6.68. The van der Waals surface area contributed by atoms with Crippen LogP contribution in [0.25, 0.3) is 0 Å². The zero-order valence-electron chi connectivity index (χ0n) is 13.4. The highest BCUT2D eigenvalue weighted by atomic mass is 35.5. The molecule has 0 spiro atoms. The molecule has 6 heteroatoms. The third-order valence-electron chi connectivity index (χ3n) is 4.15. The molecule has 1 aromatic rings. The molecule has 1 aliphatic rings. The van der Waals surface area contributed by atoms with E-state index in [0.717, 1.165) is 37.3 Å². The number of benzene rings is 1. The zero-order chi connectivity index (χ0) is 16.8. The molecule has 1 unspecified atom stereocenters. The van der Waals surface area contributed by atoms with E-state index >= 15 is 0 Å². The van der Waals surface area contributed by atoms with Crippen molar-refractivity contribution in [1.82, 2.24) is 5.43 Å². The molecule has 0 heterocycles. The van der Waals surface area contributed by atoms with Crippen molar-refractivity contribution in [2.75, 3.05) is 0 Å². The van der Waals surface area contributed by atoms with Crippen molar-refractivity contribution in [3.05, 3.63) is 28.2 Å². The second-order valence-electron chi connectivity index (χ2n) is 5.84. The summed E-state index contributed by atoms with van der Waals surface area (Å²) in [4.78, 5) is 12.1. The summed E-state index contributed by atoms with van der Waals surface area (Å²) in [5.41, 5.74) is 3.65. The number of nitrogens with zero attached hydrogens (tertiary/aromatic N) is 1. The number of rotatable bonds is 5. The smallest absolute Gasteiger partial charge is 0.280 e. The number of ether oxygens (including phenoxy) is 1. The lowest BCUT2D eigenvalue weighted by Crippen LogP contribution is -2.34. The third kappa shape index (κ3) is 5.40. The maximum Gasteiger partial charge on any atom is 0.280 e. The molecular formula is C17H22Cl2N2O2. The Morgan fingerprint density at radius 3 is 2.70 bits per heavy atom. The molecule has 2 rings (SSSR count). The number of hydrazone groups is 1. The Balaban J connectivity index is 1.85. The highest BCUT2D eigenvalue weighted by Gasteiger charge is 2.18. The molecule has 0 bridgehead atoms. The molecular weight excluding hydrogens is 335 g/mol. The maximum absolute atomic E-state index is 12.1. The molecule has 126 valence electrons. The summed E-state index contributed by atoms with van der Waals surface area (Å²) in [7, 11) is 0. The molecule has 23 heavy (non-hydrogen) atoms. The lowest BCUT2D eigenvalue weighted by atomic mass is 9.86. The van der Waals surface area contributed by atoms with Crippen molar-refractivity contribution in [2.45, 2.75) is 52.1 Å². The first-order valence-corrected chi connectivity index (χ1v) is 8.72. The molecule has 0 aromatic heterocycles. The van der Waals surface area contributed by atoms with Gasteiger partial charge in [0, 0.05) is 10.7 Å². The number of hydrogen-bond donors (Lipinski definition) is 1. The van der Waals surface area contributed by atoms with Gasteiger partial charge in [0.05, 0.1) is 5.02 Å². The predicted molar refractivity (Wildman–Crippen MR) is 94.4 cm³/mol. The fourth-order valence-corrected chi connectivity index (χ4v) is 3.02. The number of carbonyl (C=O) groups is 1. The van der Waals surface area contributed by atoms with E-state index in [4.69, 9.17) is 27.9 Å². The first-order valence-electron chi connectivity index (χ1n) is 7.96. The van der Waals surface area contributed by atoms with Crippen LogP contribution >= 0.6 is 23.2 Å². The minimum Gasteiger partial charge on any atom is -0.479 e. The van der Waals surface area contributed by atoms with E-state index in [0.29, 0.717) is 15.8 Å². The van der Waals surface area contributed by atoms with Gasteiger partial charge < -0.3 is 4.74 Å². The zero-order valence-corrected chi connectivity index (χ0v) is 15.0. The van der Waals surface area contributed by atoms with E-state index in [1.54, 1.807) is 25.1 Å². The molecule has 1 amide bonds. The third-order valence-corrected chi connectivity index (χ3v) is 4.68.